The summed E-state index contributed by atoms with van der Waals surface area (Å²) in [6, 6.07) is 9.80. The summed E-state index contributed by atoms with van der Waals surface area (Å²) in [6.45, 7) is 2.90. The van der Waals surface area contributed by atoms with Gasteiger partial charge in [0.15, 0.2) is 0 Å². The molecule has 29 heavy (non-hydrogen) atoms. The first-order valence-electron chi connectivity index (χ1n) is 9.52. The number of fused-ring (bicyclic) bond motifs is 2. The van der Waals surface area contributed by atoms with E-state index in [0.29, 0.717) is 33.7 Å². The number of hydrogen-bond acceptors (Lipinski definition) is 5. The molecule has 1 aliphatic heterocycles. The van der Waals surface area contributed by atoms with Crippen molar-refractivity contribution in [2.45, 2.75) is 32.9 Å². The molecule has 0 atom stereocenters. The molecule has 4 aromatic rings. The summed E-state index contributed by atoms with van der Waals surface area (Å²) in [4.78, 5) is 31.4. The van der Waals surface area contributed by atoms with Crippen LogP contribution in [-0.2, 0) is 19.5 Å². The zero-order valence-electron chi connectivity index (χ0n) is 15.9. The maximum atomic E-state index is 12.8. The predicted molar refractivity (Wildman–Crippen MR) is 112 cm³/mol. The summed E-state index contributed by atoms with van der Waals surface area (Å²) >= 11 is 1.29. The number of benzene rings is 1. The molecule has 7 nitrogen and oxygen atoms in total. The van der Waals surface area contributed by atoms with Crippen molar-refractivity contribution in [3.63, 3.8) is 0 Å². The van der Waals surface area contributed by atoms with Gasteiger partial charge >= 0.3 is 0 Å². The van der Waals surface area contributed by atoms with E-state index in [0.717, 1.165) is 29.9 Å². The van der Waals surface area contributed by atoms with Crippen LogP contribution in [0.2, 0.25) is 0 Å². The largest absolute Gasteiger partial charge is 0.347 e. The smallest absolute Gasteiger partial charge is 0.262 e. The van der Waals surface area contributed by atoms with Gasteiger partial charge in [-0.2, -0.15) is 5.10 Å². The number of nitrogens with one attached hydrogen (secondary N) is 1. The molecule has 0 aliphatic carbocycles. The van der Waals surface area contributed by atoms with E-state index in [1.165, 1.54) is 11.3 Å². The first kappa shape index (κ1) is 17.8. The molecule has 1 aromatic carbocycles. The predicted octanol–water partition coefficient (Wildman–Crippen LogP) is 2.83. The molecule has 3 aromatic heterocycles. The Morgan fingerprint density at radius 3 is 2.93 bits per heavy atom. The molecule has 1 aliphatic rings. The average Bonchev–Trinajstić information content (AvgIpc) is 3.46. The lowest BCUT2D eigenvalue weighted by Crippen LogP contribution is -2.23. The van der Waals surface area contributed by atoms with Crippen LogP contribution in [0, 0.1) is 6.92 Å². The number of carbonyl (C=O) groups is 1. The maximum Gasteiger partial charge on any atom is 0.262 e. The molecule has 1 N–H and O–H groups in total. The van der Waals surface area contributed by atoms with E-state index >= 15 is 0 Å². The van der Waals surface area contributed by atoms with Gasteiger partial charge in [0, 0.05) is 31.3 Å². The van der Waals surface area contributed by atoms with E-state index < -0.39 is 0 Å². The van der Waals surface area contributed by atoms with E-state index in [1.54, 1.807) is 15.4 Å². The zero-order valence-corrected chi connectivity index (χ0v) is 16.7. The van der Waals surface area contributed by atoms with E-state index in [1.807, 2.05) is 43.5 Å². The van der Waals surface area contributed by atoms with E-state index in [9.17, 15) is 9.59 Å². The molecule has 4 heterocycles. The van der Waals surface area contributed by atoms with Crippen molar-refractivity contribution < 1.29 is 4.79 Å². The number of aryl methyl sites for hydroxylation is 2. The summed E-state index contributed by atoms with van der Waals surface area (Å²) in [5.41, 5.74) is 2.55. The Balaban J connectivity index is 1.37. The van der Waals surface area contributed by atoms with Crippen molar-refractivity contribution in [1.82, 2.24) is 24.6 Å². The maximum absolute atomic E-state index is 12.8. The van der Waals surface area contributed by atoms with E-state index in [2.05, 4.69) is 15.4 Å². The van der Waals surface area contributed by atoms with Gasteiger partial charge in [-0.25, -0.2) is 9.67 Å². The quantitative estimate of drug-likeness (QED) is 0.566. The lowest BCUT2D eigenvalue weighted by molar-refractivity contribution is 0.0954. The summed E-state index contributed by atoms with van der Waals surface area (Å²) < 4.78 is 3.51. The number of amides is 1. The second-order valence-corrected chi connectivity index (χ2v) is 8.14. The lowest BCUT2D eigenvalue weighted by atomic mass is 10.2. The number of aromatic nitrogens is 4. The molecule has 0 unspecified atom stereocenters. The SMILES string of the molecule is Cc1c(C(=O)NCc2cnn(-c3ccccc3)c2)sc2nc3n(c(=O)c12)CCC3. The number of hydrogen-bond donors (Lipinski definition) is 1. The lowest BCUT2D eigenvalue weighted by Gasteiger charge is -2.03. The normalized spacial score (nSPS) is 13.0. The first-order chi connectivity index (χ1) is 14.1. The van der Waals surface area contributed by atoms with Crippen molar-refractivity contribution >= 4 is 27.5 Å². The minimum Gasteiger partial charge on any atom is -0.347 e. The van der Waals surface area contributed by atoms with Gasteiger partial charge in [-0.3, -0.25) is 14.2 Å². The van der Waals surface area contributed by atoms with Crippen molar-refractivity contribution in [3.8, 4) is 5.69 Å². The highest BCUT2D eigenvalue weighted by molar-refractivity contribution is 7.20. The Labute approximate surface area is 170 Å². The van der Waals surface area contributed by atoms with Gasteiger partial charge in [-0.1, -0.05) is 18.2 Å². The van der Waals surface area contributed by atoms with Crippen molar-refractivity contribution in [2.75, 3.05) is 0 Å². The molecule has 0 radical (unpaired) electrons. The Bertz CT molecular complexity index is 1290. The number of thiophene rings is 1. The highest BCUT2D eigenvalue weighted by Crippen LogP contribution is 2.28. The summed E-state index contributed by atoms with van der Waals surface area (Å²) in [5, 5.41) is 7.86. The molecule has 0 saturated carbocycles. The molecular formula is C21H19N5O2S. The second-order valence-electron chi connectivity index (χ2n) is 7.14. The minimum atomic E-state index is -0.192. The molecule has 8 heteroatoms. The Kier molecular flexibility index (Phi) is 4.28. The molecule has 0 spiro atoms. The van der Waals surface area contributed by atoms with Crippen LogP contribution in [-0.4, -0.2) is 25.2 Å². The third kappa shape index (κ3) is 3.05. The first-order valence-corrected chi connectivity index (χ1v) is 10.3. The number of nitrogens with zero attached hydrogens (tertiary/aromatic N) is 4. The van der Waals surface area contributed by atoms with Gasteiger partial charge in [0.25, 0.3) is 11.5 Å². The zero-order chi connectivity index (χ0) is 20.0. The highest BCUT2D eigenvalue weighted by Gasteiger charge is 2.23. The van der Waals surface area contributed by atoms with Gasteiger partial charge in [0.05, 0.1) is 22.1 Å². The molecule has 1 amide bonds. The fraction of sp³-hybridized carbons (Fsp3) is 0.238. The Morgan fingerprint density at radius 1 is 1.28 bits per heavy atom. The van der Waals surface area contributed by atoms with Gasteiger partial charge in [0.2, 0.25) is 0 Å². The van der Waals surface area contributed by atoms with Crippen LogP contribution in [0.15, 0.2) is 47.5 Å². The van der Waals surface area contributed by atoms with Crippen molar-refractivity contribution in [1.29, 1.82) is 0 Å². The van der Waals surface area contributed by atoms with Crippen LogP contribution in [0.4, 0.5) is 0 Å². The molecule has 5 rings (SSSR count). The Morgan fingerprint density at radius 2 is 2.10 bits per heavy atom. The van der Waals surface area contributed by atoms with Crippen LogP contribution in [0.1, 0.15) is 33.0 Å². The summed E-state index contributed by atoms with van der Waals surface area (Å²) in [7, 11) is 0. The van der Waals surface area contributed by atoms with Crippen molar-refractivity contribution in [3.05, 3.63) is 74.9 Å². The topological polar surface area (TPSA) is 81.8 Å². The molecule has 0 saturated heterocycles. The van der Waals surface area contributed by atoms with Crippen LogP contribution >= 0.6 is 11.3 Å². The van der Waals surface area contributed by atoms with Crippen LogP contribution in [0.3, 0.4) is 0 Å². The number of carbonyl (C=O) groups excluding carboxylic acids is 1. The van der Waals surface area contributed by atoms with Crippen LogP contribution < -0.4 is 10.9 Å². The molecule has 0 bridgehead atoms. The Hall–Kier alpha value is -3.26. The van der Waals surface area contributed by atoms with Crippen LogP contribution in [0.25, 0.3) is 15.9 Å². The molecule has 0 fully saturated rings. The third-order valence-electron chi connectivity index (χ3n) is 5.23. The number of para-hydroxylation sites is 1. The van der Waals surface area contributed by atoms with Crippen LogP contribution in [0.5, 0.6) is 0 Å². The minimum absolute atomic E-state index is 0.0283. The fourth-order valence-corrected chi connectivity index (χ4v) is 4.83. The monoisotopic (exact) mass is 405 g/mol. The highest BCUT2D eigenvalue weighted by atomic mass is 32.1. The third-order valence-corrected chi connectivity index (χ3v) is 6.41. The summed E-state index contributed by atoms with van der Waals surface area (Å²) in [5.74, 6) is 0.631. The number of rotatable bonds is 4. The average molecular weight is 405 g/mol. The van der Waals surface area contributed by atoms with E-state index in [-0.39, 0.29) is 11.5 Å². The van der Waals surface area contributed by atoms with Gasteiger partial charge in [0.1, 0.15) is 10.7 Å². The van der Waals surface area contributed by atoms with E-state index in [4.69, 9.17) is 0 Å². The molecular weight excluding hydrogens is 386 g/mol. The fourth-order valence-electron chi connectivity index (χ4n) is 3.73. The second kappa shape index (κ2) is 6.97. The van der Waals surface area contributed by atoms with Gasteiger partial charge in [-0.15, -0.1) is 11.3 Å². The van der Waals surface area contributed by atoms with Crippen molar-refractivity contribution in [2.24, 2.45) is 0 Å². The standard InChI is InChI=1S/C21H19N5O2S/c1-13-17-20(24-16-8-5-9-25(16)21(17)28)29-18(13)19(27)22-10-14-11-23-26(12-14)15-6-3-2-4-7-15/h2-4,6-7,11-12H,5,8-10H2,1H3,(H,22,27). The molecule has 146 valence electrons. The van der Waals surface area contributed by atoms with Gasteiger partial charge < -0.3 is 5.32 Å². The summed E-state index contributed by atoms with van der Waals surface area (Å²) in [6.07, 6.45) is 5.40. The van der Waals surface area contributed by atoms with Gasteiger partial charge in [-0.05, 0) is 31.0 Å².